The first-order valence-corrected chi connectivity index (χ1v) is 7.57. The van der Waals surface area contributed by atoms with Crippen molar-refractivity contribution < 1.29 is 14.9 Å². The van der Waals surface area contributed by atoms with Gasteiger partial charge in [0.2, 0.25) is 0 Å². The Labute approximate surface area is 130 Å². The minimum absolute atomic E-state index is 0.232. The molecule has 5 atom stereocenters. The van der Waals surface area contributed by atoms with Crippen LogP contribution in [0.2, 0.25) is 0 Å². The highest BCUT2D eigenvalue weighted by atomic mass is 16.6. The van der Waals surface area contributed by atoms with Gasteiger partial charge >= 0.3 is 0 Å². The topological polar surface area (TPSA) is 63.5 Å². The van der Waals surface area contributed by atoms with E-state index in [4.69, 9.17) is 0 Å². The minimum atomic E-state index is -1.06. The zero-order valence-electron chi connectivity index (χ0n) is 12.5. The van der Waals surface area contributed by atoms with E-state index in [0.717, 1.165) is 11.1 Å². The number of benzene rings is 2. The van der Waals surface area contributed by atoms with E-state index in [2.05, 4.69) is 0 Å². The summed E-state index contributed by atoms with van der Waals surface area (Å²) in [6.07, 6.45) is -2.08. The molecule has 3 rings (SSSR count). The maximum atomic E-state index is 13.6. The molecule has 1 fully saturated rings. The highest BCUT2D eigenvalue weighted by Gasteiger charge is 2.54. The van der Waals surface area contributed by atoms with Crippen LogP contribution in [0, 0.1) is 5.21 Å². The van der Waals surface area contributed by atoms with Gasteiger partial charge in [-0.3, -0.25) is 0 Å². The molecule has 1 aliphatic rings. The average Bonchev–Trinajstić information content (AvgIpc) is 2.70. The Morgan fingerprint density at radius 3 is 2.05 bits per heavy atom. The van der Waals surface area contributed by atoms with Crippen LogP contribution in [0.3, 0.4) is 0 Å². The molecule has 4 heteroatoms. The second kappa shape index (κ2) is 5.82. The van der Waals surface area contributed by atoms with Crippen LogP contribution in [0.25, 0.3) is 0 Å². The van der Waals surface area contributed by atoms with Gasteiger partial charge in [-0.25, -0.2) is 0 Å². The van der Waals surface area contributed by atoms with Gasteiger partial charge in [0, 0.05) is 11.1 Å². The van der Waals surface area contributed by atoms with E-state index in [1.165, 1.54) is 0 Å². The summed E-state index contributed by atoms with van der Waals surface area (Å²) in [6.45, 7) is 1.95. The Hall–Kier alpha value is -1.72. The molecule has 2 aromatic carbocycles. The van der Waals surface area contributed by atoms with E-state index in [-0.39, 0.29) is 6.54 Å². The Morgan fingerprint density at radius 2 is 1.45 bits per heavy atom. The molecule has 0 spiro atoms. The molecule has 2 N–H and O–H groups in total. The number of aliphatic hydroxyl groups excluding tert-OH is 2. The predicted octanol–water partition coefficient (Wildman–Crippen LogP) is 2.37. The quantitative estimate of drug-likeness (QED) is 0.675. The predicted molar refractivity (Wildman–Crippen MR) is 84.4 cm³/mol. The standard InChI is InChI=1S/C18H21NO3/c1-13-17(20)18(21)16(15-10-6-3-7-11-15)19(13,22)12-14-8-4-2-5-9-14/h2-11,13,16-18,20-21H,12H2,1H3/t13-,16+,17-,18+,19-/m1/s1. The van der Waals surface area contributed by atoms with Crippen LogP contribution < -0.4 is 0 Å². The first-order chi connectivity index (χ1) is 10.5. The summed E-state index contributed by atoms with van der Waals surface area (Å²) >= 11 is 0. The fraction of sp³-hybridized carbons (Fsp3) is 0.333. The summed E-state index contributed by atoms with van der Waals surface area (Å²) < 4.78 is -0.643. The summed E-state index contributed by atoms with van der Waals surface area (Å²) in [7, 11) is 0. The van der Waals surface area contributed by atoms with Gasteiger partial charge in [0.15, 0.2) is 0 Å². The van der Waals surface area contributed by atoms with Crippen molar-refractivity contribution in [3.05, 3.63) is 77.0 Å². The highest BCUT2D eigenvalue weighted by molar-refractivity contribution is 5.22. The normalized spacial score (nSPS) is 34.7. The Bertz CT molecular complexity index is 619. The van der Waals surface area contributed by atoms with E-state index in [9.17, 15) is 15.4 Å². The summed E-state index contributed by atoms with van der Waals surface area (Å²) in [4.78, 5) is 0. The lowest BCUT2D eigenvalue weighted by molar-refractivity contribution is -0.935. The number of aliphatic hydroxyl groups is 2. The van der Waals surface area contributed by atoms with E-state index in [0.29, 0.717) is 0 Å². The van der Waals surface area contributed by atoms with Crippen molar-refractivity contribution in [3.63, 3.8) is 0 Å². The monoisotopic (exact) mass is 299 g/mol. The molecule has 0 unspecified atom stereocenters. The summed E-state index contributed by atoms with van der Waals surface area (Å²) in [5, 5.41) is 34.2. The number of rotatable bonds is 3. The van der Waals surface area contributed by atoms with E-state index >= 15 is 0 Å². The third-order valence-electron chi connectivity index (χ3n) is 4.74. The fourth-order valence-corrected chi connectivity index (χ4v) is 3.45. The van der Waals surface area contributed by atoms with Crippen molar-refractivity contribution in [3.8, 4) is 0 Å². The van der Waals surface area contributed by atoms with Gasteiger partial charge in [-0.1, -0.05) is 60.7 Å². The summed E-state index contributed by atoms with van der Waals surface area (Å²) in [6, 6.07) is 17.5. The third-order valence-corrected chi connectivity index (χ3v) is 4.74. The van der Waals surface area contributed by atoms with Crippen molar-refractivity contribution in [2.24, 2.45) is 0 Å². The van der Waals surface area contributed by atoms with Crippen LogP contribution in [-0.2, 0) is 6.54 Å². The fourth-order valence-electron chi connectivity index (χ4n) is 3.45. The molecule has 0 saturated carbocycles. The number of hydrogen-bond donors (Lipinski definition) is 2. The maximum absolute atomic E-state index is 13.6. The van der Waals surface area contributed by atoms with Crippen LogP contribution in [0.1, 0.15) is 24.1 Å². The second-order valence-corrected chi connectivity index (χ2v) is 6.08. The Morgan fingerprint density at radius 1 is 0.909 bits per heavy atom. The van der Waals surface area contributed by atoms with E-state index in [1.54, 1.807) is 6.92 Å². The van der Waals surface area contributed by atoms with Crippen molar-refractivity contribution in [2.45, 2.75) is 37.8 Å². The van der Waals surface area contributed by atoms with Crippen molar-refractivity contribution in [1.29, 1.82) is 0 Å². The van der Waals surface area contributed by atoms with Crippen LogP contribution in [0.5, 0.6) is 0 Å². The molecule has 1 heterocycles. The highest BCUT2D eigenvalue weighted by Crippen LogP contribution is 2.44. The molecule has 0 aromatic heterocycles. The number of likely N-dealkylation sites (tertiary alicyclic amines) is 1. The number of quaternary nitrogens is 1. The molecule has 1 aliphatic heterocycles. The van der Waals surface area contributed by atoms with E-state index in [1.807, 2.05) is 60.7 Å². The molecule has 4 nitrogen and oxygen atoms in total. The first-order valence-electron chi connectivity index (χ1n) is 7.57. The first kappa shape index (κ1) is 15.2. The lowest BCUT2D eigenvalue weighted by Crippen LogP contribution is -2.48. The molecule has 2 aromatic rings. The van der Waals surface area contributed by atoms with Gasteiger partial charge in [0.1, 0.15) is 30.8 Å². The molecule has 1 saturated heterocycles. The van der Waals surface area contributed by atoms with Gasteiger partial charge in [-0.05, 0) is 6.92 Å². The minimum Gasteiger partial charge on any atom is -0.632 e. The molecule has 116 valence electrons. The van der Waals surface area contributed by atoms with Gasteiger partial charge in [-0.15, -0.1) is 0 Å². The SMILES string of the molecule is C[C@@H]1[C@@H](O)[C@@H](O)[C@H](c2ccccc2)[N@@+]1([O-])Cc1ccccc1. The molecule has 0 amide bonds. The zero-order valence-corrected chi connectivity index (χ0v) is 12.5. The Balaban J connectivity index is 2.01. The van der Waals surface area contributed by atoms with Crippen LogP contribution in [0.4, 0.5) is 0 Å². The average molecular weight is 299 g/mol. The van der Waals surface area contributed by atoms with Crippen molar-refractivity contribution >= 4 is 0 Å². The maximum Gasteiger partial charge on any atom is 0.144 e. The second-order valence-electron chi connectivity index (χ2n) is 6.08. The largest absolute Gasteiger partial charge is 0.632 e. The van der Waals surface area contributed by atoms with Crippen molar-refractivity contribution in [1.82, 2.24) is 0 Å². The Kier molecular flexibility index (Phi) is 4.02. The van der Waals surface area contributed by atoms with Gasteiger partial charge in [-0.2, -0.15) is 0 Å². The zero-order chi connectivity index (χ0) is 15.7. The van der Waals surface area contributed by atoms with Crippen molar-refractivity contribution in [2.75, 3.05) is 0 Å². The number of nitrogens with zero attached hydrogens (tertiary/aromatic N) is 1. The number of hydrogen-bond acceptors (Lipinski definition) is 3. The molecule has 0 aliphatic carbocycles. The van der Waals surface area contributed by atoms with Gasteiger partial charge in [0.05, 0.1) is 0 Å². The van der Waals surface area contributed by atoms with E-state index < -0.39 is 28.9 Å². The third kappa shape index (κ3) is 2.44. The molecule has 0 bridgehead atoms. The van der Waals surface area contributed by atoms with Crippen LogP contribution in [0.15, 0.2) is 60.7 Å². The van der Waals surface area contributed by atoms with Crippen LogP contribution in [-0.4, -0.2) is 33.1 Å². The van der Waals surface area contributed by atoms with Crippen LogP contribution >= 0.6 is 0 Å². The molecular weight excluding hydrogens is 278 g/mol. The smallest absolute Gasteiger partial charge is 0.144 e. The molecular formula is C18H21NO3. The molecule has 0 radical (unpaired) electrons. The summed E-state index contributed by atoms with van der Waals surface area (Å²) in [5.74, 6) is 0. The lowest BCUT2D eigenvalue weighted by atomic mass is 10.0. The van der Waals surface area contributed by atoms with Gasteiger partial charge in [0.25, 0.3) is 0 Å². The number of hydroxylamine groups is 3. The molecule has 22 heavy (non-hydrogen) atoms. The van der Waals surface area contributed by atoms with Gasteiger partial charge < -0.3 is 20.1 Å². The lowest BCUT2D eigenvalue weighted by Gasteiger charge is -2.48. The summed E-state index contributed by atoms with van der Waals surface area (Å²) in [5.41, 5.74) is 1.68.